The molecule has 1 aliphatic heterocycles. The molecule has 0 aromatic heterocycles. The second-order valence-electron chi connectivity index (χ2n) is 3.24. The van der Waals surface area contributed by atoms with Gasteiger partial charge in [0, 0.05) is 32.9 Å². The van der Waals surface area contributed by atoms with Crippen molar-refractivity contribution in [3.05, 3.63) is 0 Å². The average molecular weight is 234 g/mol. The van der Waals surface area contributed by atoms with Crippen molar-refractivity contribution in [3.8, 4) is 0 Å². The molecule has 1 saturated heterocycles. The van der Waals surface area contributed by atoms with E-state index in [9.17, 15) is 0 Å². The van der Waals surface area contributed by atoms with Crippen molar-refractivity contribution in [2.24, 2.45) is 0 Å². The van der Waals surface area contributed by atoms with Gasteiger partial charge in [0.05, 0.1) is 0 Å². The lowest BCUT2D eigenvalue weighted by Crippen LogP contribution is -2.64. The van der Waals surface area contributed by atoms with Gasteiger partial charge >= 0.3 is 8.80 Å². The fourth-order valence-corrected chi connectivity index (χ4v) is 4.48. The van der Waals surface area contributed by atoms with Gasteiger partial charge in [0.25, 0.3) is 0 Å². The Labute approximate surface area is 92.8 Å². The Morgan fingerprint density at radius 2 is 1.33 bits per heavy atom. The van der Waals surface area contributed by atoms with Crippen LogP contribution in [-0.4, -0.2) is 47.5 Å². The van der Waals surface area contributed by atoms with Crippen LogP contribution in [0.15, 0.2) is 0 Å². The lowest BCUT2D eigenvalue weighted by Gasteiger charge is -2.33. The van der Waals surface area contributed by atoms with Gasteiger partial charge in [-0.25, -0.2) is 0 Å². The molecule has 0 aliphatic carbocycles. The molecular formula is C9H22N2O3Si. The van der Waals surface area contributed by atoms with Crippen LogP contribution in [-0.2, 0) is 13.3 Å². The van der Waals surface area contributed by atoms with Gasteiger partial charge in [-0.15, -0.1) is 0 Å². The molecule has 90 valence electrons. The van der Waals surface area contributed by atoms with Crippen LogP contribution in [0.4, 0.5) is 0 Å². The van der Waals surface area contributed by atoms with E-state index in [1.807, 2.05) is 20.8 Å². The normalized spacial score (nSPS) is 18.6. The Morgan fingerprint density at radius 1 is 0.933 bits per heavy atom. The molecule has 15 heavy (non-hydrogen) atoms. The average Bonchev–Trinajstić information content (AvgIpc) is 2.72. The molecule has 0 aromatic carbocycles. The van der Waals surface area contributed by atoms with Crippen molar-refractivity contribution in [1.82, 2.24) is 10.6 Å². The van der Waals surface area contributed by atoms with E-state index in [2.05, 4.69) is 10.6 Å². The van der Waals surface area contributed by atoms with Gasteiger partial charge in [-0.1, -0.05) is 0 Å². The predicted molar refractivity (Wildman–Crippen MR) is 60.4 cm³/mol. The summed E-state index contributed by atoms with van der Waals surface area (Å²) in [6.07, 6.45) is 0. The zero-order valence-corrected chi connectivity index (χ0v) is 10.8. The monoisotopic (exact) mass is 234 g/mol. The Balaban J connectivity index is 2.68. The minimum absolute atomic E-state index is 0.0392. The molecule has 1 heterocycles. The van der Waals surface area contributed by atoms with Crippen molar-refractivity contribution in [2.45, 2.75) is 26.6 Å². The minimum atomic E-state index is -2.58. The molecule has 0 spiro atoms. The Morgan fingerprint density at radius 3 is 1.67 bits per heavy atom. The Kier molecular flexibility index (Phi) is 5.73. The van der Waals surface area contributed by atoms with Gasteiger partial charge in [0.15, 0.2) is 0 Å². The molecule has 5 nitrogen and oxygen atoms in total. The fourth-order valence-electron chi connectivity index (χ4n) is 1.73. The van der Waals surface area contributed by atoms with Gasteiger partial charge < -0.3 is 13.3 Å². The highest BCUT2D eigenvalue weighted by atomic mass is 28.4. The quantitative estimate of drug-likeness (QED) is 0.612. The maximum absolute atomic E-state index is 5.76. The molecule has 0 bridgehead atoms. The molecule has 0 radical (unpaired) electrons. The smallest absolute Gasteiger partial charge is 0.372 e. The first-order valence-corrected chi connectivity index (χ1v) is 7.47. The summed E-state index contributed by atoms with van der Waals surface area (Å²) in [5, 5.41) is 6.66. The van der Waals surface area contributed by atoms with Gasteiger partial charge in [-0.2, -0.15) is 0 Å². The fraction of sp³-hybridized carbons (Fsp3) is 1.00. The predicted octanol–water partition coefficient (Wildman–Crippen LogP) is 0.0929. The third-order valence-electron chi connectivity index (χ3n) is 2.21. The van der Waals surface area contributed by atoms with Crippen LogP contribution in [0.3, 0.4) is 0 Å². The molecule has 1 fully saturated rings. The van der Waals surface area contributed by atoms with E-state index in [1.54, 1.807) is 0 Å². The zero-order valence-electron chi connectivity index (χ0n) is 9.84. The van der Waals surface area contributed by atoms with Crippen molar-refractivity contribution in [2.75, 3.05) is 32.9 Å². The highest BCUT2D eigenvalue weighted by Gasteiger charge is 2.50. The molecule has 1 aliphatic rings. The first-order chi connectivity index (χ1) is 7.29. The molecule has 0 atom stereocenters. The number of nitrogens with one attached hydrogen (secondary N) is 2. The van der Waals surface area contributed by atoms with E-state index in [0.29, 0.717) is 19.8 Å². The van der Waals surface area contributed by atoms with Crippen molar-refractivity contribution >= 4 is 8.80 Å². The first-order valence-electron chi connectivity index (χ1n) is 5.67. The molecule has 2 N–H and O–H groups in total. The van der Waals surface area contributed by atoms with E-state index in [4.69, 9.17) is 13.3 Å². The largest absolute Gasteiger partial charge is 0.534 e. The summed E-state index contributed by atoms with van der Waals surface area (Å²) >= 11 is 0. The summed E-state index contributed by atoms with van der Waals surface area (Å²) in [7, 11) is -2.58. The third-order valence-corrected chi connectivity index (χ3v) is 5.40. The van der Waals surface area contributed by atoms with Crippen LogP contribution in [0.1, 0.15) is 20.8 Å². The second kappa shape index (κ2) is 6.57. The summed E-state index contributed by atoms with van der Waals surface area (Å²) in [5.74, 6) is 0.0392. The summed E-state index contributed by atoms with van der Waals surface area (Å²) in [4.78, 5) is 0. The lowest BCUT2D eigenvalue weighted by molar-refractivity contribution is 0.0576. The minimum Gasteiger partial charge on any atom is -0.372 e. The van der Waals surface area contributed by atoms with Crippen molar-refractivity contribution in [1.29, 1.82) is 0 Å². The lowest BCUT2D eigenvalue weighted by atomic mass is 10.7. The van der Waals surface area contributed by atoms with Crippen LogP contribution >= 0.6 is 0 Å². The van der Waals surface area contributed by atoms with Crippen LogP contribution in [0.25, 0.3) is 0 Å². The molecule has 0 unspecified atom stereocenters. The Bertz CT molecular complexity index is 160. The van der Waals surface area contributed by atoms with E-state index in [0.717, 1.165) is 13.1 Å². The number of hydrogen-bond acceptors (Lipinski definition) is 5. The maximum atomic E-state index is 5.76. The van der Waals surface area contributed by atoms with Gasteiger partial charge in [0.1, 0.15) is 5.79 Å². The van der Waals surface area contributed by atoms with E-state index >= 15 is 0 Å². The van der Waals surface area contributed by atoms with Crippen molar-refractivity contribution < 1.29 is 13.3 Å². The molecule has 0 saturated carbocycles. The molecule has 1 rings (SSSR count). The number of hydrogen-bond donors (Lipinski definition) is 2. The Hall–Kier alpha value is 0.0169. The summed E-state index contributed by atoms with van der Waals surface area (Å²) in [5.41, 5.74) is 0. The van der Waals surface area contributed by atoms with Gasteiger partial charge in [-0.05, 0) is 20.8 Å². The standard InChI is InChI=1S/C9H22N2O3Si/c1-4-12-15(13-5-2,14-6-3)9-10-7-8-11-9/h9-11H,4-8H2,1-3H3. The summed E-state index contributed by atoms with van der Waals surface area (Å²) < 4.78 is 17.3. The molecule has 6 heteroatoms. The highest BCUT2D eigenvalue weighted by Crippen LogP contribution is 2.15. The number of rotatable bonds is 7. The highest BCUT2D eigenvalue weighted by molar-refractivity contribution is 6.62. The maximum Gasteiger partial charge on any atom is 0.534 e. The zero-order chi connectivity index (χ0) is 11.1. The van der Waals surface area contributed by atoms with Gasteiger partial charge in [0.2, 0.25) is 0 Å². The second-order valence-corrected chi connectivity index (χ2v) is 5.89. The third kappa shape index (κ3) is 3.23. The molecular weight excluding hydrogens is 212 g/mol. The van der Waals surface area contributed by atoms with E-state index < -0.39 is 8.80 Å². The van der Waals surface area contributed by atoms with Gasteiger partial charge in [-0.3, -0.25) is 10.6 Å². The molecule has 0 aromatic rings. The molecule has 0 amide bonds. The first kappa shape index (κ1) is 13.1. The van der Waals surface area contributed by atoms with E-state index in [-0.39, 0.29) is 5.79 Å². The van der Waals surface area contributed by atoms with Crippen LogP contribution in [0.2, 0.25) is 0 Å². The SMILES string of the molecule is CCO[Si](OCC)(OCC)C1NCCN1. The summed E-state index contributed by atoms with van der Waals surface area (Å²) in [6, 6.07) is 0. The van der Waals surface area contributed by atoms with Crippen molar-refractivity contribution in [3.63, 3.8) is 0 Å². The van der Waals surface area contributed by atoms with Crippen LogP contribution < -0.4 is 10.6 Å². The topological polar surface area (TPSA) is 51.8 Å². The van der Waals surface area contributed by atoms with Crippen LogP contribution in [0, 0.1) is 0 Å². The van der Waals surface area contributed by atoms with Crippen LogP contribution in [0.5, 0.6) is 0 Å². The van der Waals surface area contributed by atoms with E-state index in [1.165, 1.54) is 0 Å². The summed E-state index contributed by atoms with van der Waals surface area (Å²) in [6.45, 7) is 9.63.